The third-order valence-corrected chi connectivity index (χ3v) is 4.59. The standard InChI is InChI=1S/C19H15ClN2O2S/c1-22(11-18(23)24)19(25)15-10-17(12-6-8-13(20)9-7-12)21-16-5-3-2-4-14(15)16/h2-10H,11H2,1H3,(H,23,24). The van der Waals surface area contributed by atoms with Crippen LogP contribution in [0, 0.1) is 0 Å². The number of para-hydroxylation sites is 1. The van der Waals surface area contributed by atoms with Gasteiger partial charge in [0, 0.05) is 28.6 Å². The van der Waals surface area contributed by atoms with Crippen LogP contribution in [0.4, 0.5) is 0 Å². The van der Waals surface area contributed by atoms with Gasteiger partial charge in [-0.05, 0) is 24.3 Å². The summed E-state index contributed by atoms with van der Waals surface area (Å²) in [4.78, 5) is 17.7. The zero-order valence-corrected chi connectivity index (χ0v) is 15.0. The topological polar surface area (TPSA) is 53.4 Å². The SMILES string of the molecule is CN(CC(=O)O)C(=S)c1cc(-c2ccc(Cl)cc2)nc2ccccc12. The second-order valence-corrected chi connectivity index (χ2v) is 6.46. The fourth-order valence-electron chi connectivity index (χ4n) is 2.60. The summed E-state index contributed by atoms with van der Waals surface area (Å²) < 4.78 is 0. The lowest BCUT2D eigenvalue weighted by atomic mass is 10.0. The molecular formula is C19H15ClN2O2S. The second-order valence-electron chi connectivity index (χ2n) is 5.63. The quantitative estimate of drug-likeness (QED) is 0.696. The van der Waals surface area contributed by atoms with E-state index < -0.39 is 5.97 Å². The number of benzene rings is 2. The Bertz CT molecular complexity index is 957. The van der Waals surface area contributed by atoms with Gasteiger partial charge in [0.1, 0.15) is 11.5 Å². The summed E-state index contributed by atoms with van der Waals surface area (Å²) in [7, 11) is 1.67. The molecule has 1 heterocycles. The van der Waals surface area contributed by atoms with Crippen molar-refractivity contribution in [3.63, 3.8) is 0 Å². The molecule has 0 fully saturated rings. The van der Waals surface area contributed by atoms with E-state index in [0.29, 0.717) is 10.0 Å². The maximum atomic E-state index is 11.0. The normalized spacial score (nSPS) is 10.6. The summed E-state index contributed by atoms with van der Waals surface area (Å²) in [5.74, 6) is -0.930. The predicted molar refractivity (Wildman–Crippen MR) is 104 cm³/mol. The summed E-state index contributed by atoms with van der Waals surface area (Å²) >= 11 is 11.5. The zero-order valence-electron chi connectivity index (χ0n) is 13.4. The van der Waals surface area contributed by atoms with Crippen LogP contribution in [0.2, 0.25) is 5.02 Å². The van der Waals surface area contributed by atoms with E-state index in [9.17, 15) is 4.79 Å². The van der Waals surface area contributed by atoms with Crippen molar-refractivity contribution in [2.24, 2.45) is 0 Å². The van der Waals surface area contributed by atoms with Gasteiger partial charge in [-0.15, -0.1) is 0 Å². The fourth-order valence-corrected chi connectivity index (χ4v) is 2.96. The van der Waals surface area contributed by atoms with Crippen molar-refractivity contribution >= 4 is 45.7 Å². The van der Waals surface area contributed by atoms with Crippen molar-refractivity contribution in [3.8, 4) is 11.3 Å². The largest absolute Gasteiger partial charge is 0.480 e. The Morgan fingerprint density at radius 2 is 1.88 bits per heavy atom. The molecule has 0 amide bonds. The number of fused-ring (bicyclic) bond motifs is 1. The maximum absolute atomic E-state index is 11.0. The van der Waals surface area contributed by atoms with Crippen LogP contribution in [-0.4, -0.2) is 39.5 Å². The smallest absolute Gasteiger partial charge is 0.323 e. The molecule has 3 rings (SSSR count). The van der Waals surface area contributed by atoms with E-state index in [4.69, 9.17) is 33.9 Å². The first-order valence-electron chi connectivity index (χ1n) is 7.58. The maximum Gasteiger partial charge on any atom is 0.323 e. The molecule has 1 N–H and O–H groups in total. The van der Waals surface area contributed by atoms with Gasteiger partial charge in [-0.25, -0.2) is 4.98 Å². The minimum atomic E-state index is -0.930. The number of halogens is 1. The van der Waals surface area contributed by atoms with Gasteiger partial charge in [0.05, 0.1) is 11.2 Å². The highest BCUT2D eigenvalue weighted by Crippen LogP contribution is 2.27. The van der Waals surface area contributed by atoms with E-state index in [0.717, 1.165) is 27.7 Å². The monoisotopic (exact) mass is 370 g/mol. The van der Waals surface area contributed by atoms with Crippen molar-refractivity contribution in [1.29, 1.82) is 0 Å². The molecule has 0 unspecified atom stereocenters. The van der Waals surface area contributed by atoms with Crippen LogP contribution < -0.4 is 0 Å². The summed E-state index contributed by atoms with van der Waals surface area (Å²) in [5.41, 5.74) is 3.27. The third-order valence-electron chi connectivity index (χ3n) is 3.81. The molecule has 0 saturated carbocycles. The number of hydrogen-bond acceptors (Lipinski definition) is 3. The molecule has 126 valence electrons. The van der Waals surface area contributed by atoms with E-state index >= 15 is 0 Å². The van der Waals surface area contributed by atoms with Gasteiger partial charge < -0.3 is 10.0 Å². The first-order valence-corrected chi connectivity index (χ1v) is 8.37. The lowest BCUT2D eigenvalue weighted by Gasteiger charge is -2.19. The molecule has 3 aromatic rings. The van der Waals surface area contributed by atoms with Crippen molar-refractivity contribution in [2.45, 2.75) is 0 Å². The molecule has 0 radical (unpaired) electrons. The number of aliphatic carboxylic acids is 1. The van der Waals surface area contributed by atoms with Crippen LogP contribution in [0.15, 0.2) is 54.6 Å². The van der Waals surface area contributed by atoms with Crippen LogP contribution in [-0.2, 0) is 4.79 Å². The van der Waals surface area contributed by atoms with Gasteiger partial charge in [-0.2, -0.15) is 0 Å². The average molecular weight is 371 g/mol. The molecule has 0 aliphatic heterocycles. The van der Waals surface area contributed by atoms with Crippen LogP contribution in [0.3, 0.4) is 0 Å². The average Bonchev–Trinajstić information content (AvgIpc) is 2.60. The minimum absolute atomic E-state index is 0.161. The number of likely N-dealkylation sites (N-methyl/N-ethyl adjacent to an activating group) is 1. The Morgan fingerprint density at radius 1 is 1.20 bits per heavy atom. The van der Waals surface area contributed by atoms with Gasteiger partial charge in [0.2, 0.25) is 0 Å². The lowest BCUT2D eigenvalue weighted by molar-refractivity contribution is -0.137. The predicted octanol–water partition coefficient (Wildman–Crippen LogP) is 4.25. The zero-order chi connectivity index (χ0) is 18.0. The summed E-state index contributed by atoms with van der Waals surface area (Å²) in [6.07, 6.45) is 0. The minimum Gasteiger partial charge on any atom is -0.480 e. The number of rotatable bonds is 4. The van der Waals surface area contributed by atoms with Crippen molar-refractivity contribution < 1.29 is 9.90 Å². The molecule has 25 heavy (non-hydrogen) atoms. The first-order chi connectivity index (χ1) is 12.0. The van der Waals surface area contributed by atoms with E-state index in [-0.39, 0.29) is 6.54 Å². The van der Waals surface area contributed by atoms with E-state index in [1.54, 1.807) is 11.9 Å². The number of pyridine rings is 1. The number of nitrogens with zero attached hydrogens (tertiary/aromatic N) is 2. The molecule has 2 aromatic carbocycles. The fraction of sp³-hybridized carbons (Fsp3) is 0.105. The number of carboxylic acids is 1. The Morgan fingerprint density at radius 3 is 2.56 bits per heavy atom. The summed E-state index contributed by atoms with van der Waals surface area (Å²) in [5, 5.41) is 10.6. The number of aromatic nitrogens is 1. The molecule has 0 bridgehead atoms. The van der Waals surface area contributed by atoms with Crippen LogP contribution in [0.5, 0.6) is 0 Å². The number of thiocarbonyl (C=S) groups is 1. The third kappa shape index (κ3) is 3.78. The van der Waals surface area contributed by atoms with Crippen molar-refractivity contribution in [3.05, 3.63) is 65.2 Å². The first kappa shape index (κ1) is 17.3. The van der Waals surface area contributed by atoms with E-state index in [1.807, 2.05) is 54.6 Å². The van der Waals surface area contributed by atoms with Crippen LogP contribution in [0.1, 0.15) is 5.56 Å². The highest BCUT2D eigenvalue weighted by atomic mass is 35.5. The Kier molecular flexibility index (Phi) is 4.97. The highest BCUT2D eigenvalue weighted by Gasteiger charge is 2.16. The highest BCUT2D eigenvalue weighted by molar-refractivity contribution is 7.80. The lowest BCUT2D eigenvalue weighted by Crippen LogP contribution is -2.31. The summed E-state index contributed by atoms with van der Waals surface area (Å²) in [6.45, 7) is -0.161. The molecule has 0 spiro atoms. The van der Waals surface area contributed by atoms with E-state index in [2.05, 4.69) is 0 Å². The molecule has 4 nitrogen and oxygen atoms in total. The molecule has 0 aliphatic carbocycles. The van der Waals surface area contributed by atoms with Crippen LogP contribution >= 0.6 is 23.8 Å². The Hall–Kier alpha value is -2.50. The van der Waals surface area contributed by atoms with Gasteiger partial charge in [0.25, 0.3) is 0 Å². The number of hydrogen-bond donors (Lipinski definition) is 1. The van der Waals surface area contributed by atoms with Gasteiger partial charge in [0.15, 0.2) is 0 Å². The summed E-state index contributed by atoms with van der Waals surface area (Å²) in [6, 6.07) is 17.0. The molecule has 0 saturated heterocycles. The molecule has 0 atom stereocenters. The van der Waals surface area contributed by atoms with Gasteiger partial charge in [-0.3, -0.25) is 4.79 Å². The Balaban J connectivity index is 2.14. The molecule has 1 aromatic heterocycles. The molecule has 6 heteroatoms. The molecular weight excluding hydrogens is 356 g/mol. The Labute approximate surface area is 155 Å². The van der Waals surface area contributed by atoms with Gasteiger partial charge >= 0.3 is 5.97 Å². The number of carboxylic acid groups (broad SMARTS) is 1. The van der Waals surface area contributed by atoms with E-state index in [1.165, 1.54) is 0 Å². The van der Waals surface area contributed by atoms with Gasteiger partial charge in [-0.1, -0.05) is 54.2 Å². The number of carbonyl (C=O) groups is 1. The second kappa shape index (κ2) is 7.17. The van der Waals surface area contributed by atoms with Crippen LogP contribution in [0.25, 0.3) is 22.2 Å². The van der Waals surface area contributed by atoms with Crippen molar-refractivity contribution in [1.82, 2.24) is 9.88 Å². The molecule has 0 aliphatic rings. The van der Waals surface area contributed by atoms with Crippen molar-refractivity contribution in [2.75, 3.05) is 13.6 Å².